The van der Waals surface area contributed by atoms with Crippen LogP contribution in [0.5, 0.6) is 17.2 Å². The minimum atomic E-state index is -0.431. The van der Waals surface area contributed by atoms with Crippen molar-refractivity contribution in [3.05, 3.63) is 17.7 Å². The van der Waals surface area contributed by atoms with Crippen LogP contribution in [0, 0.1) is 0 Å². The van der Waals surface area contributed by atoms with Gasteiger partial charge >= 0.3 is 0 Å². The summed E-state index contributed by atoms with van der Waals surface area (Å²) in [5.41, 5.74) is 0.727. The summed E-state index contributed by atoms with van der Waals surface area (Å²) in [5.74, 6) is 1.72. The summed E-state index contributed by atoms with van der Waals surface area (Å²) in [6.07, 6.45) is 0. The van der Waals surface area contributed by atoms with E-state index in [4.69, 9.17) is 14.2 Å². The number of carbonyl (C=O) groups excluding carboxylic acids is 1. The van der Waals surface area contributed by atoms with Gasteiger partial charge in [0.2, 0.25) is 0 Å². The highest BCUT2D eigenvalue weighted by Crippen LogP contribution is 2.37. The van der Waals surface area contributed by atoms with E-state index in [9.17, 15) is 4.79 Å². The molecule has 0 saturated heterocycles. The van der Waals surface area contributed by atoms with E-state index in [1.54, 1.807) is 40.5 Å². The zero-order chi connectivity index (χ0) is 13.7. The zero-order valence-corrected chi connectivity index (χ0v) is 11.4. The van der Waals surface area contributed by atoms with Crippen molar-refractivity contribution in [1.82, 2.24) is 5.32 Å². The summed E-state index contributed by atoms with van der Waals surface area (Å²) < 4.78 is 15.7. The number of rotatable bonds is 6. The van der Waals surface area contributed by atoms with Crippen molar-refractivity contribution < 1.29 is 19.0 Å². The second-order valence-electron chi connectivity index (χ2n) is 3.78. The molecule has 0 heterocycles. The predicted molar refractivity (Wildman–Crippen MR) is 68.6 cm³/mol. The first-order valence-electron chi connectivity index (χ1n) is 5.56. The van der Waals surface area contributed by atoms with Crippen LogP contribution in [0.15, 0.2) is 12.1 Å². The molecular weight excluding hydrogens is 234 g/mol. The molecule has 0 radical (unpaired) electrons. The van der Waals surface area contributed by atoms with E-state index in [2.05, 4.69) is 5.32 Å². The summed E-state index contributed by atoms with van der Waals surface area (Å²) in [6, 6.07) is 3.03. The first-order valence-corrected chi connectivity index (χ1v) is 5.56. The third-order valence-electron chi connectivity index (χ3n) is 2.74. The number of Topliss-reactive ketones (excluding diaryl/α,β-unsaturated/α-hetero) is 1. The maximum atomic E-state index is 11.6. The Kier molecular flexibility index (Phi) is 4.97. The molecule has 0 aliphatic rings. The molecule has 0 amide bonds. The van der Waals surface area contributed by atoms with Crippen LogP contribution in [-0.2, 0) is 4.79 Å². The third-order valence-corrected chi connectivity index (χ3v) is 2.74. The van der Waals surface area contributed by atoms with Crippen molar-refractivity contribution in [2.24, 2.45) is 0 Å². The molecule has 1 atom stereocenters. The lowest BCUT2D eigenvalue weighted by atomic mass is 10.0. The van der Waals surface area contributed by atoms with E-state index in [1.807, 2.05) is 0 Å². The monoisotopic (exact) mass is 253 g/mol. The van der Waals surface area contributed by atoms with Crippen molar-refractivity contribution in [3.63, 3.8) is 0 Å². The lowest BCUT2D eigenvalue weighted by molar-refractivity contribution is -0.119. The minimum Gasteiger partial charge on any atom is -0.496 e. The second-order valence-corrected chi connectivity index (χ2v) is 3.78. The Labute approximate surface area is 107 Å². The Morgan fingerprint density at radius 2 is 1.56 bits per heavy atom. The third kappa shape index (κ3) is 2.73. The molecule has 1 aromatic carbocycles. The van der Waals surface area contributed by atoms with Gasteiger partial charge in [-0.15, -0.1) is 0 Å². The van der Waals surface area contributed by atoms with E-state index in [0.29, 0.717) is 17.2 Å². The summed E-state index contributed by atoms with van der Waals surface area (Å²) in [5, 5.41) is 2.96. The second kappa shape index (κ2) is 6.26. The van der Waals surface area contributed by atoms with Gasteiger partial charge in [-0.1, -0.05) is 0 Å². The van der Waals surface area contributed by atoms with Crippen LogP contribution in [0.1, 0.15) is 18.5 Å². The number of hydrogen-bond donors (Lipinski definition) is 1. The topological polar surface area (TPSA) is 56.8 Å². The summed E-state index contributed by atoms with van der Waals surface area (Å²) in [4.78, 5) is 11.6. The van der Waals surface area contributed by atoms with E-state index >= 15 is 0 Å². The van der Waals surface area contributed by atoms with Crippen LogP contribution in [-0.4, -0.2) is 34.2 Å². The fourth-order valence-electron chi connectivity index (χ4n) is 1.86. The van der Waals surface area contributed by atoms with E-state index < -0.39 is 6.04 Å². The highest BCUT2D eigenvalue weighted by molar-refractivity contribution is 5.84. The summed E-state index contributed by atoms with van der Waals surface area (Å²) >= 11 is 0. The van der Waals surface area contributed by atoms with Gasteiger partial charge in [0.25, 0.3) is 0 Å². The van der Waals surface area contributed by atoms with Crippen molar-refractivity contribution >= 4 is 5.78 Å². The SMILES string of the molecule is CNC(C(C)=O)c1cc(OC)c(OC)cc1OC. The molecule has 1 rings (SSSR count). The van der Waals surface area contributed by atoms with Crippen LogP contribution >= 0.6 is 0 Å². The standard InChI is InChI=1S/C13H19NO4/c1-8(15)13(14-2)9-6-11(17-4)12(18-5)7-10(9)16-3/h6-7,13-14H,1-5H3. The number of ether oxygens (including phenoxy) is 3. The molecule has 1 unspecified atom stereocenters. The van der Waals surface area contributed by atoms with Crippen LogP contribution in [0.2, 0.25) is 0 Å². The number of benzene rings is 1. The molecule has 1 aromatic rings. The number of hydrogen-bond acceptors (Lipinski definition) is 5. The number of likely N-dealkylation sites (N-methyl/N-ethyl adjacent to an activating group) is 1. The van der Waals surface area contributed by atoms with Gasteiger partial charge in [-0.2, -0.15) is 0 Å². The molecule has 100 valence electrons. The quantitative estimate of drug-likeness (QED) is 0.833. The maximum absolute atomic E-state index is 11.6. The predicted octanol–water partition coefficient (Wildman–Crippen LogP) is 1.56. The van der Waals surface area contributed by atoms with Gasteiger partial charge in [-0.25, -0.2) is 0 Å². The molecular formula is C13H19NO4. The Morgan fingerprint density at radius 1 is 1.06 bits per heavy atom. The van der Waals surface area contributed by atoms with E-state index in [-0.39, 0.29) is 5.78 Å². The molecule has 0 spiro atoms. The molecule has 0 aliphatic heterocycles. The van der Waals surface area contributed by atoms with Crippen LogP contribution in [0.4, 0.5) is 0 Å². The lowest BCUT2D eigenvalue weighted by Crippen LogP contribution is -2.24. The van der Waals surface area contributed by atoms with Crippen molar-refractivity contribution in [1.29, 1.82) is 0 Å². The van der Waals surface area contributed by atoms with Gasteiger partial charge in [0.1, 0.15) is 5.75 Å². The van der Waals surface area contributed by atoms with Crippen LogP contribution < -0.4 is 19.5 Å². The van der Waals surface area contributed by atoms with Gasteiger partial charge in [0.05, 0.1) is 27.4 Å². The first kappa shape index (κ1) is 14.3. The molecule has 0 aromatic heterocycles. The summed E-state index contributed by atoms with van der Waals surface area (Å²) in [6.45, 7) is 1.53. The number of methoxy groups -OCH3 is 3. The maximum Gasteiger partial charge on any atom is 0.164 e. The molecule has 1 N–H and O–H groups in total. The van der Waals surface area contributed by atoms with Crippen molar-refractivity contribution in [2.45, 2.75) is 13.0 Å². The van der Waals surface area contributed by atoms with Crippen LogP contribution in [0.25, 0.3) is 0 Å². The Hall–Kier alpha value is -1.75. The number of carbonyl (C=O) groups is 1. The number of nitrogens with one attached hydrogen (secondary N) is 1. The largest absolute Gasteiger partial charge is 0.496 e. The molecule has 18 heavy (non-hydrogen) atoms. The van der Waals surface area contributed by atoms with Gasteiger partial charge in [0.15, 0.2) is 17.3 Å². The minimum absolute atomic E-state index is 0.00280. The smallest absolute Gasteiger partial charge is 0.164 e. The average Bonchev–Trinajstić information content (AvgIpc) is 2.38. The zero-order valence-electron chi connectivity index (χ0n) is 11.4. The normalized spacial score (nSPS) is 11.8. The highest BCUT2D eigenvalue weighted by atomic mass is 16.5. The highest BCUT2D eigenvalue weighted by Gasteiger charge is 2.21. The Balaban J connectivity index is 3.36. The molecule has 0 bridgehead atoms. The average molecular weight is 253 g/mol. The lowest BCUT2D eigenvalue weighted by Gasteiger charge is -2.19. The van der Waals surface area contributed by atoms with Gasteiger partial charge in [-0.05, 0) is 20.0 Å². The van der Waals surface area contributed by atoms with Crippen molar-refractivity contribution in [3.8, 4) is 17.2 Å². The van der Waals surface area contributed by atoms with E-state index in [0.717, 1.165) is 5.56 Å². The Bertz CT molecular complexity index is 431. The fourth-order valence-corrected chi connectivity index (χ4v) is 1.86. The molecule has 0 aliphatic carbocycles. The van der Waals surface area contributed by atoms with Gasteiger partial charge in [-0.3, -0.25) is 4.79 Å². The van der Waals surface area contributed by atoms with Gasteiger partial charge in [0, 0.05) is 11.6 Å². The van der Waals surface area contributed by atoms with E-state index in [1.165, 1.54) is 6.92 Å². The summed E-state index contributed by atoms with van der Waals surface area (Å²) in [7, 11) is 6.38. The van der Waals surface area contributed by atoms with Gasteiger partial charge < -0.3 is 19.5 Å². The molecule has 5 heteroatoms. The molecule has 0 saturated carbocycles. The molecule has 5 nitrogen and oxygen atoms in total. The molecule has 0 fully saturated rings. The Morgan fingerprint density at radius 3 is 1.94 bits per heavy atom. The fraction of sp³-hybridized carbons (Fsp3) is 0.462. The first-order chi connectivity index (χ1) is 8.58. The van der Waals surface area contributed by atoms with Crippen LogP contribution in [0.3, 0.4) is 0 Å². The number of ketones is 1. The van der Waals surface area contributed by atoms with Crippen molar-refractivity contribution in [2.75, 3.05) is 28.4 Å².